The number of rotatable bonds is 4. The Labute approximate surface area is 94.7 Å². The van der Waals surface area contributed by atoms with Crippen molar-refractivity contribution in [2.45, 2.75) is 26.8 Å². The molecule has 0 saturated carbocycles. The first-order valence-corrected chi connectivity index (χ1v) is 5.90. The van der Waals surface area contributed by atoms with Gasteiger partial charge >= 0.3 is 0 Å². The minimum atomic E-state index is -0.495. The van der Waals surface area contributed by atoms with Gasteiger partial charge in [-0.05, 0) is 32.2 Å². The standard InChI is InChI=1S/C11H18N2OS/c1-8(9-5-4-6-15-9)13-10(14)11(2,3)7-12/h4-6,8H,7,12H2,1-3H3,(H,13,14)/t8-/m0/s1. The Morgan fingerprint density at radius 1 is 1.67 bits per heavy atom. The number of hydrogen-bond acceptors (Lipinski definition) is 3. The van der Waals surface area contributed by atoms with Crippen molar-refractivity contribution in [2.75, 3.05) is 6.54 Å². The van der Waals surface area contributed by atoms with Crippen LogP contribution in [0.15, 0.2) is 17.5 Å². The highest BCUT2D eigenvalue weighted by atomic mass is 32.1. The first kappa shape index (κ1) is 12.2. The Kier molecular flexibility index (Phi) is 3.88. The van der Waals surface area contributed by atoms with Gasteiger partial charge in [-0.15, -0.1) is 11.3 Å². The normalized spacial score (nSPS) is 13.6. The van der Waals surface area contributed by atoms with Gasteiger partial charge in [0.1, 0.15) is 0 Å². The molecule has 3 N–H and O–H groups in total. The van der Waals surface area contributed by atoms with Gasteiger partial charge in [0.05, 0.1) is 11.5 Å². The lowest BCUT2D eigenvalue weighted by Gasteiger charge is -2.23. The van der Waals surface area contributed by atoms with E-state index in [0.717, 1.165) is 4.88 Å². The second-order valence-electron chi connectivity index (χ2n) is 4.30. The van der Waals surface area contributed by atoms with Crippen molar-refractivity contribution in [1.82, 2.24) is 5.32 Å². The number of nitrogens with one attached hydrogen (secondary N) is 1. The van der Waals surface area contributed by atoms with Gasteiger partial charge in [-0.1, -0.05) is 6.07 Å². The van der Waals surface area contributed by atoms with Crippen LogP contribution >= 0.6 is 11.3 Å². The molecule has 1 heterocycles. The molecule has 4 heteroatoms. The summed E-state index contributed by atoms with van der Waals surface area (Å²) < 4.78 is 0. The van der Waals surface area contributed by atoms with E-state index in [9.17, 15) is 4.79 Å². The number of nitrogens with two attached hydrogens (primary N) is 1. The maximum absolute atomic E-state index is 11.8. The van der Waals surface area contributed by atoms with Crippen molar-refractivity contribution in [3.05, 3.63) is 22.4 Å². The Morgan fingerprint density at radius 3 is 2.80 bits per heavy atom. The van der Waals surface area contributed by atoms with Crippen LogP contribution in [0.4, 0.5) is 0 Å². The average Bonchev–Trinajstić information content (AvgIpc) is 2.70. The largest absolute Gasteiger partial charge is 0.348 e. The third-order valence-corrected chi connectivity index (χ3v) is 3.50. The zero-order chi connectivity index (χ0) is 11.5. The van der Waals surface area contributed by atoms with Gasteiger partial charge in [0, 0.05) is 11.4 Å². The molecule has 3 nitrogen and oxygen atoms in total. The van der Waals surface area contributed by atoms with Crippen LogP contribution in [0.1, 0.15) is 31.7 Å². The smallest absolute Gasteiger partial charge is 0.227 e. The van der Waals surface area contributed by atoms with E-state index in [1.165, 1.54) is 0 Å². The van der Waals surface area contributed by atoms with Crippen LogP contribution in [0.3, 0.4) is 0 Å². The molecular formula is C11H18N2OS. The van der Waals surface area contributed by atoms with E-state index >= 15 is 0 Å². The van der Waals surface area contributed by atoms with Crippen LogP contribution in [0.2, 0.25) is 0 Å². The summed E-state index contributed by atoms with van der Waals surface area (Å²) in [6.07, 6.45) is 0. The second-order valence-corrected chi connectivity index (χ2v) is 5.28. The summed E-state index contributed by atoms with van der Waals surface area (Å²) in [5, 5.41) is 4.97. The molecule has 0 saturated heterocycles. The maximum Gasteiger partial charge on any atom is 0.227 e. The Hall–Kier alpha value is -0.870. The molecule has 0 aromatic carbocycles. The zero-order valence-electron chi connectivity index (χ0n) is 9.41. The van der Waals surface area contributed by atoms with Gasteiger partial charge in [-0.3, -0.25) is 4.79 Å². The van der Waals surface area contributed by atoms with E-state index in [1.807, 2.05) is 38.3 Å². The fourth-order valence-electron chi connectivity index (χ4n) is 1.09. The maximum atomic E-state index is 11.8. The molecule has 15 heavy (non-hydrogen) atoms. The number of thiophene rings is 1. The van der Waals surface area contributed by atoms with Gasteiger partial charge in [0.25, 0.3) is 0 Å². The monoisotopic (exact) mass is 226 g/mol. The summed E-state index contributed by atoms with van der Waals surface area (Å²) in [6, 6.07) is 4.06. The number of carbonyl (C=O) groups is 1. The molecule has 1 rings (SSSR count). The molecule has 0 aliphatic heterocycles. The van der Waals surface area contributed by atoms with Crippen LogP contribution in [-0.4, -0.2) is 12.5 Å². The predicted molar refractivity (Wildman–Crippen MR) is 63.7 cm³/mol. The van der Waals surface area contributed by atoms with E-state index in [4.69, 9.17) is 5.73 Å². The first-order chi connectivity index (χ1) is 6.97. The van der Waals surface area contributed by atoms with Gasteiger partial charge in [-0.2, -0.15) is 0 Å². The summed E-state index contributed by atoms with van der Waals surface area (Å²) in [5.41, 5.74) is 5.05. The fourth-order valence-corrected chi connectivity index (χ4v) is 1.83. The fraction of sp³-hybridized carbons (Fsp3) is 0.545. The van der Waals surface area contributed by atoms with Crippen molar-refractivity contribution in [3.8, 4) is 0 Å². The Bertz CT molecular complexity index is 319. The quantitative estimate of drug-likeness (QED) is 0.824. The molecule has 84 valence electrons. The van der Waals surface area contributed by atoms with Crippen molar-refractivity contribution < 1.29 is 4.79 Å². The van der Waals surface area contributed by atoms with E-state index in [2.05, 4.69) is 5.32 Å². The van der Waals surface area contributed by atoms with Crippen molar-refractivity contribution in [3.63, 3.8) is 0 Å². The van der Waals surface area contributed by atoms with Gasteiger partial charge in [0.2, 0.25) is 5.91 Å². The van der Waals surface area contributed by atoms with E-state index in [1.54, 1.807) is 11.3 Å². The van der Waals surface area contributed by atoms with Crippen LogP contribution < -0.4 is 11.1 Å². The van der Waals surface area contributed by atoms with Crippen molar-refractivity contribution in [1.29, 1.82) is 0 Å². The molecule has 0 aliphatic rings. The molecular weight excluding hydrogens is 208 g/mol. The third kappa shape index (κ3) is 3.04. The summed E-state index contributed by atoms with van der Waals surface area (Å²) in [7, 11) is 0. The van der Waals surface area contributed by atoms with Gasteiger partial charge in [0.15, 0.2) is 0 Å². The predicted octanol–water partition coefficient (Wildman–Crippen LogP) is 1.91. The number of hydrogen-bond donors (Lipinski definition) is 2. The molecule has 1 atom stereocenters. The summed E-state index contributed by atoms with van der Waals surface area (Å²) in [6.45, 7) is 6.04. The zero-order valence-corrected chi connectivity index (χ0v) is 10.2. The summed E-state index contributed by atoms with van der Waals surface area (Å²) in [5.74, 6) is 0.00546. The Balaban J connectivity index is 2.60. The topological polar surface area (TPSA) is 55.1 Å². The average molecular weight is 226 g/mol. The van der Waals surface area contributed by atoms with Crippen LogP contribution in [0.25, 0.3) is 0 Å². The molecule has 0 spiro atoms. The Morgan fingerprint density at radius 2 is 2.33 bits per heavy atom. The van der Waals surface area contributed by atoms with Crippen LogP contribution in [0.5, 0.6) is 0 Å². The van der Waals surface area contributed by atoms with E-state index in [0.29, 0.717) is 6.54 Å². The van der Waals surface area contributed by atoms with E-state index < -0.39 is 5.41 Å². The molecule has 0 bridgehead atoms. The van der Waals surface area contributed by atoms with Crippen molar-refractivity contribution in [2.24, 2.45) is 11.1 Å². The number of carbonyl (C=O) groups excluding carboxylic acids is 1. The molecule has 0 unspecified atom stereocenters. The molecule has 1 aromatic heterocycles. The van der Waals surface area contributed by atoms with Crippen molar-refractivity contribution >= 4 is 17.2 Å². The highest BCUT2D eigenvalue weighted by Gasteiger charge is 2.27. The highest BCUT2D eigenvalue weighted by Crippen LogP contribution is 2.20. The van der Waals surface area contributed by atoms with Crippen LogP contribution in [0, 0.1) is 5.41 Å². The molecule has 1 aromatic rings. The minimum Gasteiger partial charge on any atom is -0.348 e. The van der Waals surface area contributed by atoms with Gasteiger partial charge in [-0.25, -0.2) is 0 Å². The lowest BCUT2D eigenvalue weighted by atomic mass is 9.92. The SMILES string of the molecule is C[C@H](NC(=O)C(C)(C)CN)c1cccs1. The highest BCUT2D eigenvalue weighted by molar-refractivity contribution is 7.10. The molecule has 0 fully saturated rings. The van der Waals surface area contributed by atoms with E-state index in [-0.39, 0.29) is 11.9 Å². The summed E-state index contributed by atoms with van der Waals surface area (Å²) >= 11 is 1.65. The summed E-state index contributed by atoms with van der Waals surface area (Å²) in [4.78, 5) is 13.0. The lowest BCUT2D eigenvalue weighted by Crippen LogP contribution is -2.42. The van der Waals surface area contributed by atoms with Gasteiger partial charge < -0.3 is 11.1 Å². The minimum absolute atomic E-state index is 0.00546. The molecule has 0 aliphatic carbocycles. The molecule has 0 radical (unpaired) electrons. The molecule has 1 amide bonds. The van der Waals surface area contributed by atoms with Crippen LogP contribution in [-0.2, 0) is 4.79 Å². The lowest BCUT2D eigenvalue weighted by molar-refractivity contribution is -0.129. The second kappa shape index (κ2) is 4.77. The number of amides is 1. The first-order valence-electron chi connectivity index (χ1n) is 5.02. The third-order valence-electron chi connectivity index (χ3n) is 2.44.